The molecular weight excluding hydrogens is 296 g/mol. The molecule has 1 aromatic carbocycles. The molecule has 0 spiro atoms. The smallest absolute Gasteiger partial charge is 0.242 e. The van der Waals surface area contributed by atoms with E-state index < -0.39 is 10.0 Å². The lowest BCUT2D eigenvalue weighted by Crippen LogP contribution is -2.30. The number of nitrogens with zero attached hydrogens (tertiary/aromatic N) is 2. The van der Waals surface area contributed by atoms with Crippen LogP contribution in [0.4, 0.5) is 0 Å². The van der Waals surface area contributed by atoms with Crippen LogP contribution < -0.4 is 0 Å². The maximum Gasteiger partial charge on any atom is 0.242 e. The van der Waals surface area contributed by atoms with Gasteiger partial charge < -0.3 is 0 Å². The van der Waals surface area contributed by atoms with Crippen molar-refractivity contribution in [3.05, 3.63) is 29.8 Å². The molecule has 1 aliphatic carbocycles. The summed E-state index contributed by atoms with van der Waals surface area (Å²) in [7, 11) is 1.94. The molecule has 1 fully saturated rings. The summed E-state index contributed by atoms with van der Waals surface area (Å²) in [5.41, 5.74) is 1.06. The Bertz CT molecular complexity index is 576. The fourth-order valence-electron chi connectivity index (χ4n) is 3.13. The van der Waals surface area contributed by atoms with E-state index in [9.17, 15) is 8.42 Å². The third kappa shape index (κ3) is 4.31. The molecule has 1 saturated carbocycles. The van der Waals surface area contributed by atoms with Crippen LogP contribution >= 0.6 is 0 Å². The van der Waals surface area contributed by atoms with Crippen molar-refractivity contribution in [1.82, 2.24) is 9.21 Å². The van der Waals surface area contributed by atoms with Crippen molar-refractivity contribution in [2.45, 2.75) is 56.0 Å². The Hall–Kier alpha value is -0.910. The van der Waals surface area contributed by atoms with Crippen LogP contribution in [0.5, 0.6) is 0 Å². The SMILES string of the molecule is CN(Cc1cccc(S(=O)(=O)N(C)C)c1)C1CCCCCC1. The van der Waals surface area contributed by atoms with Gasteiger partial charge in [0.15, 0.2) is 0 Å². The molecule has 2 rings (SSSR count). The normalized spacial score (nSPS) is 17.9. The van der Waals surface area contributed by atoms with Crippen molar-refractivity contribution in [2.75, 3.05) is 21.1 Å². The van der Waals surface area contributed by atoms with Crippen molar-refractivity contribution in [3.63, 3.8) is 0 Å². The number of benzene rings is 1. The Labute approximate surface area is 135 Å². The van der Waals surface area contributed by atoms with Crippen molar-refractivity contribution in [2.24, 2.45) is 0 Å². The number of hydrogen-bond donors (Lipinski definition) is 0. The standard InChI is InChI=1S/C17H28N2O2S/c1-18(2)22(20,21)17-12-8-9-15(13-17)14-19(3)16-10-6-4-5-7-11-16/h8-9,12-13,16H,4-7,10-11,14H2,1-3H3. The third-order valence-electron chi connectivity index (χ3n) is 4.56. The molecule has 5 heteroatoms. The van der Waals surface area contributed by atoms with Gasteiger partial charge in [0.1, 0.15) is 0 Å². The molecule has 1 aliphatic rings. The topological polar surface area (TPSA) is 40.6 Å². The molecule has 1 aromatic rings. The lowest BCUT2D eigenvalue weighted by atomic mass is 10.1. The van der Waals surface area contributed by atoms with Gasteiger partial charge in [-0.3, -0.25) is 4.90 Å². The molecule has 0 aliphatic heterocycles. The summed E-state index contributed by atoms with van der Waals surface area (Å²) < 4.78 is 25.7. The number of sulfonamides is 1. The van der Waals surface area contributed by atoms with Gasteiger partial charge in [0.05, 0.1) is 4.90 Å². The predicted octanol–water partition coefficient (Wildman–Crippen LogP) is 3.09. The largest absolute Gasteiger partial charge is 0.299 e. The summed E-state index contributed by atoms with van der Waals surface area (Å²) in [5, 5.41) is 0. The van der Waals surface area contributed by atoms with E-state index in [0.717, 1.165) is 12.1 Å². The van der Waals surface area contributed by atoms with Gasteiger partial charge in [-0.2, -0.15) is 0 Å². The molecule has 0 saturated heterocycles. The molecule has 0 amide bonds. The summed E-state index contributed by atoms with van der Waals surface area (Å²) in [6, 6.07) is 7.96. The van der Waals surface area contributed by atoms with E-state index >= 15 is 0 Å². The second kappa shape index (κ2) is 7.57. The molecule has 0 aromatic heterocycles. The van der Waals surface area contributed by atoms with Gasteiger partial charge >= 0.3 is 0 Å². The monoisotopic (exact) mass is 324 g/mol. The van der Waals surface area contributed by atoms with Crippen LogP contribution in [0.1, 0.15) is 44.1 Å². The molecule has 124 valence electrons. The Morgan fingerprint density at radius 3 is 2.27 bits per heavy atom. The van der Waals surface area contributed by atoms with Gasteiger partial charge in [-0.1, -0.05) is 37.8 Å². The van der Waals surface area contributed by atoms with E-state index in [2.05, 4.69) is 11.9 Å². The summed E-state index contributed by atoms with van der Waals surface area (Å²) in [6.45, 7) is 0.807. The summed E-state index contributed by atoms with van der Waals surface area (Å²) in [5.74, 6) is 0. The highest BCUT2D eigenvalue weighted by molar-refractivity contribution is 7.89. The van der Waals surface area contributed by atoms with Gasteiger partial charge in [-0.25, -0.2) is 12.7 Å². The highest BCUT2D eigenvalue weighted by Crippen LogP contribution is 2.23. The van der Waals surface area contributed by atoms with Gasteiger partial charge in [-0.05, 0) is 37.6 Å². The molecule has 0 radical (unpaired) electrons. The molecule has 0 unspecified atom stereocenters. The van der Waals surface area contributed by atoms with Crippen LogP contribution in [0.15, 0.2) is 29.2 Å². The summed E-state index contributed by atoms with van der Waals surface area (Å²) in [6.07, 6.45) is 7.83. The van der Waals surface area contributed by atoms with Crippen LogP contribution in [-0.2, 0) is 16.6 Å². The predicted molar refractivity (Wildman–Crippen MR) is 90.3 cm³/mol. The van der Waals surface area contributed by atoms with E-state index in [-0.39, 0.29) is 0 Å². The quantitative estimate of drug-likeness (QED) is 0.782. The molecule has 0 N–H and O–H groups in total. The zero-order valence-corrected chi connectivity index (χ0v) is 14.8. The van der Waals surface area contributed by atoms with E-state index in [4.69, 9.17) is 0 Å². The second-order valence-electron chi connectivity index (χ2n) is 6.50. The lowest BCUT2D eigenvalue weighted by Gasteiger charge is -2.27. The first-order chi connectivity index (χ1) is 10.4. The van der Waals surface area contributed by atoms with Gasteiger partial charge in [0, 0.05) is 26.7 Å². The van der Waals surface area contributed by atoms with E-state index in [1.54, 1.807) is 20.2 Å². The van der Waals surface area contributed by atoms with E-state index in [1.165, 1.54) is 42.8 Å². The van der Waals surface area contributed by atoms with Crippen molar-refractivity contribution in [1.29, 1.82) is 0 Å². The first-order valence-corrected chi connectivity index (χ1v) is 9.57. The average molecular weight is 324 g/mol. The molecule has 0 atom stereocenters. The second-order valence-corrected chi connectivity index (χ2v) is 8.65. The summed E-state index contributed by atoms with van der Waals surface area (Å²) >= 11 is 0. The minimum atomic E-state index is -3.35. The zero-order chi connectivity index (χ0) is 16.2. The molecule has 0 heterocycles. The first-order valence-electron chi connectivity index (χ1n) is 8.13. The maximum absolute atomic E-state index is 12.2. The minimum Gasteiger partial charge on any atom is -0.299 e. The number of hydrogen-bond acceptors (Lipinski definition) is 3. The van der Waals surface area contributed by atoms with Crippen molar-refractivity contribution in [3.8, 4) is 0 Å². The van der Waals surface area contributed by atoms with E-state index in [1.807, 2.05) is 18.2 Å². The molecular formula is C17H28N2O2S. The Balaban J connectivity index is 2.10. The Morgan fingerprint density at radius 1 is 1.05 bits per heavy atom. The average Bonchev–Trinajstić information content (AvgIpc) is 2.76. The maximum atomic E-state index is 12.2. The Kier molecular flexibility index (Phi) is 6.01. The highest BCUT2D eigenvalue weighted by atomic mass is 32.2. The van der Waals surface area contributed by atoms with Gasteiger partial charge in [0.25, 0.3) is 0 Å². The van der Waals surface area contributed by atoms with E-state index in [0.29, 0.717) is 10.9 Å². The van der Waals surface area contributed by atoms with Crippen LogP contribution in [0.25, 0.3) is 0 Å². The van der Waals surface area contributed by atoms with Crippen LogP contribution in [0.2, 0.25) is 0 Å². The van der Waals surface area contributed by atoms with Crippen LogP contribution in [0.3, 0.4) is 0 Å². The van der Waals surface area contributed by atoms with Crippen LogP contribution in [-0.4, -0.2) is 44.8 Å². The third-order valence-corrected chi connectivity index (χ3v) is 6.37. The minimum absolute atomic E-state index is 0.379. The Morgan fingerprint density at radius 2 is 1.68 bits per heavy atom. The fraction of sp³-hybridized carbons (Fsp3) is 0.647. The van der Waals surface area contributed by atoms with Crippen molar-refractivity contribution < 1.29 is 8.42 Å². The zero-order valence-electron chi connectivity index (χ0n) is 14.0. The highest BCUT2D eigenvalue weighted by Gasteiger charge is 2.19. The van der Waals surface area contributed by atoms with Crippen LogP contribution in [0, 0.1) is 0 Å². The van der Waals surface area contributed by atoms with Gasteiger partial charge in [0.2, 0.25) is 10.0 Å². The molecule has 22 heavy (non-hydrogen) atoms. The number of rotatable bonds is 5. The fourth-order valence-corrected chi connectivity index (χ4v) is 4.10. The summed E-state index contributed by atoms with van der Waals surface area (Å²) in [4.78, 5) is 2.76. The molecule has 4 nitrogen and oxygen atoms in total. The first kappa shape index (κ1) is 17.4. The van der Waals surface area contributed by atoms with Crippen molar-refractivity contribution >= 4 is 10.0 Å². The molecule has 0 bridgehead atoms. The van der Waals surface area contributed by atoms with Gasteiger partial charge in [-0.15, -0.1) is 0 Å². The lowest BCUT2D eigenvalue weighted by molar-refractivity contribution is 0.213.